The molecule has 0 aliphatic rings. The molecule has 2 N–H and O–H groups in total. The van der Waals surface area contributed by atoms with Gasteiger partial charge in [-0.2, -0.15) is 0 Å². The summed E-state index contributed by atoms with van der Waals surface area (Å²) in [6.45, 7) is 5.99. The fourth-order valence-corrected chi connectivity index (χ4v) is 4.39. The number of fused-ring (bicyclic) bond motifs is 1. The van der Waals surface area contributed by atoms with E-state index in [2.05, 4.69) is 61.2 Å². The molecule has 0 saturated heterocycles. The highest BCUT2D eigenvalue weighted by atomic mass is 79.9. The molecular formula is C23H23Br2N3O2S. The standard InChI is InChI=1S/C23H23Br2N3O2S/c1-3-28(4-2)18-9-7-17(8-10-18)26-23(31)27-21(29)14-30-20-12-5-15-13-16(24)6-11-19(15)22(20)25/h5-13H,3-4,14H2,1-2H3,(H2,26,27,29,31). The number of benzene rings is 3. The van der Waals surface area contributed by atoms with Crippen molar-refractivity contribution in [2.45, 2.75) is 13.8 Å². The van der Waals surface area contributed by atoms with E-state index in [1.165, 1.54) is 0 Å². The Bertz CT molecular complexity index is 1090. The van der Waals surface area contributed by atoms with E-state index in [0.29, 0.717) is 5.75 Å². The van der Waals surface area contributed by atoms with Crippen LogP contribution in [0.1, 0.15) is 13.8 Å². The lowest BCUT2D eigenvalue weighted by molar-refractivity contribution is -0.121. The zero-order valence-electron chi connectivity index (χ0n) is 17.2. The maximum Gasteiger partial charge on any atom is 0.264 e. The summed E-state index contributed by atoms with van der Waals surface area (Å²) in [6, 6.07) is 17.7. The van der Waals surface area contributed by atoms with Gasteiger partial charge in [-0.3, -0.25) is 10.1 Å². The molecule has 162 valence electrons. The number of carbonyl (C=O) groups is 1. The third kappa shape index (κ3) is 6.18. The summed E-state index contributed by atoms with van der Waals surface area (Å²) in [6.07, 6.45) is 0. The number of hydrogen-bond donors (Lipinski definition) is 2. The van der Waals surface area contributed by atoms with Crippen LogP contribution >= 0.6 is 44.1 Å². The van der Waals surface area contributed by atoms with E-state index >= 15 is 0 Å². The van der Waals surface area contributed by atoms with Gasteiger partial charge >= 0.3 is 0 Å². The average Bonchev–Trinajstić information content (AvgIpc) is 2.75. The van der Waals surface area contributed by atoms with Crippen LogP contribution < -0.4 is 20.3 Å². The molecule has 0 radical (unpaired) electrons. The van der Waals surface area contributed by atoms with Crippen LogP contribution in [-0.4, -0.2) is 30.7 Å². The topological polar surface area (TPSA) is 53.6 Å². The summed E-state index contributed by atoms with van der Waals surface area (Å²) in [7, 11) is 0. The SMILES string of the molecule is CCN(CC)c1ccc(NC(=S)NC(=O)COc2ccc3cc(Br)ccc3c2Br)cc1. The Balaban J connectivity index is 1.54. The number of nitrogens with one attached hydrogen (secondary N) is 2. The van der Waals surface area contributed by atoms with Crippen molar-refractivity contribution in [1.82, 2.24) is 5.32 Å². The molecule has 0 bridgehead atoms. The summed E-state index contributed by atoms with van der Waals surface area (Å²) in [5.41, 5.74) is 1.96. The van der Waals surface area contributed by atoms with Gasteiger partial charge < -0.3 is 15.0 Å². The number of halogens is 2. The number of anilines is 2. The third-order valence-corrected chi connectivity index (χ3v) is 6.26. The molecule has 0 aliphatic heterocycles. The van der Waals surface area contributed by atoms with Crippen LogP contribution in [0, 0.1) is 0 Å². The highest BCUT2D eigenvalue weighted by Gasteiger charge is 2.11. The Morgan fingerprint density at radius 3 is 2.42 bits per heavy atom. The monoisotopic (exact) mass is 563 g/mol. The largest absolute Gasteiger partial charge is 0.483 e. The first kappa shape index (κ1) is 23.5. The van der Waals surface area contributed by atoms with Crippen LogP contribution in [0.5, 0.6) is 5.75 Å². The maximum absolute atomic E-state index is 12.3. The Labute approximate surface area is 204 Å². The van der Waals surface area contributed by atoms with Crippen LogP contribution in [0.3, 0.4) is 0 Å². The van der Waals surface area contributed by atoms with Crippen molar-refractivity contribution < 1.29 is 9.53 Å². The minimum absolute atomic E-state index is 0.149. The molecule has 3 aromatic rings. The molecular weight excluding hydrogens is 542 g/mol. The van der Waals surface area contributed by atoms with Gasteiger partial charge in [-0.25, -0.2) is 0 Å². The van der Waals surface area contributed by atoms with Crippen LogP contribution in [-0.2, 0) is 4.79 Å². The van der Waals surface area contributed by atoms with Gasteiger partial charge in [0, 0.05) is 28.9 Å². The average molecular weight is 565 g/mol. The molecule has 1 amide bonds. The molecule has 0 spiro atoms. The van der Waals surface area contributed by atoms with Crippen LogP contribution in [0.15, 0.2) is 63.5 Å². The van der Waals surface area contributed by atoms with Crippen LogP contribution in [0.4, 0.5) is 11.4 Å². The highest BCUT2D eigenvalue weighted by Crippen LogP contribution is 2.34. The lowest BCUT2D eigenvalue weighted by Crippen LogP contribution is -2.37. The van der Waals surface area contributed by atoms with Gasteiger partial charge in [0.1, 0.15) is 5.75 Å². The summed E-state index contributed by atoms with van der Waals surface area (Å²) >= 11 is 12.3. The van der Waals surface area contributed by atoms with Gasteiger partial charge in [0.05, 0.1) is 4.47 Å². The van der Waals surface area contributed by atoms with Crippen molar-refractivity contribution in [3.63, 3.8) is 0 Å². The highest BCUT2D eigenvalue weighted by molar-refractivity contribution is 9.11. The molecule has 0 heterocycles. The fraction of sp³-hybridized carbons (Fsp3) is 0.217. The van der Waals surface area contributed by atoms with E-state index in [1.54, 1.807) is 0 Å². The second-order valence-electron chi connectivity index (χ2n) is 6.75. The zero-order chi connectivity index (χ0) is 22.4. The molecule has 31 heavy (non-hydrogen) atoms. The number of nitrogens with zero attached hydrogens (tertiary/aromatic N) is 1. The van der Waals surface area contributed by atoms with Crippen molar-refractivity contribution in [2.75, 3.05) is 29.9 Å². The van der Waals surface area contributed by atoms with Gasteiger partial charge in [-0.15, -0.1) is 0 Å². The van der Waals surface area contributed by atoms with E-state index < -0.39 is 0 Å². The van der Waals surface area contributed by atoms with Gasteiger partial charge in [-0.05, 0) is 95.2 Å². The van der Waals surface area contributed by atoms with Gasteiger partial charge in [-0.1, -0.05) is 28.1 Å². The predicted molar refractivity (Wildman–Crippen MR) is 139 cm³/mol. The summed E-state index contributed by atoms with van der Waals surface area (Å²) in [5.74, 6) is 0.260. The molecule has 0 aliphatic carbocycles. The van der Waals surface area contributed by atoms with Crippen molar-refractivity contribution in [1.29, 1.82) is 0 Å². The van der Waals surface area contributed by atoms with Gasteiger partial charge in [0.25, 0.3) is 5.91 Å². The number of amides is 1. The third-order valence-electron chi connectivity index (χ3n) is 4.75. The smallest absolute Gasteiger partial charge is 0.264 e. The van der Waals surface area contributed by atoms with Crippen LogP contribution in [0.25, 0.3) is 10.8 Å². The van der Waals surface area contributed by atoms with E-state index in [-0.39, 0.29) is 17.6 Å². The second-order valence-corrected chi connectivity index (χ2v) is 8.87. The van der Waals surface area contributed by atoms with Crippen molar-refractivity contribution in [2.24, 2.45) is 0 Å². The van der Waals surface area contributed by atoms with E-state index in [0.717, 1.165) is 44.2 Å². The zero-order valence-corrected chi connectivity index (χ0v) is 21.2. The van der Waals surface area contributed by atoms with Crippen molar-refractivity contribution in [3.05, 3.63) is 63.5 Å². The number of hydrogen-bond acceptors (Lipinski definition) is 4. The first-order valence-corrected chi connectivity index (χ1v) is 11.9. The van der Waals surface area contributed by atoms with Crippen molar-refractivity contribution >= 4 is 77.2 Å². The normalized spacial score (nSPS) is 10.6. The Morgan fingerprint density at radius 2 is 1.74 bits per heavy atom. The molecule has 3 rings (SSSR count). The number of thiocarbonyl (C=S) groups is 1. The lowest BCUT2D eigenvalue weighted by Gasteiger charge is -2.21. The molecule has 0 unspecified atom stereocenters. The minimum Gasteiger partial charge on any atom is -0.483 e. The first-order valence-electron chi connectivity index (χ1n) is 9.87. The maximum atomic E-state index is 12.3. The second kappa shape index (κ2) is 10.9. The number of carbonyl (C=O) groups excluding carboxylic acids is 1. The van der Waals surface area contributed by atoms with Crippen molar-refractivity contribution in [3.8, 4) is 5.75 Å². The quantitative estimate of drug-likeness (QED) is 0.339. The minimum atomic E-state index is -0.333. The summed E-state index contributed by atoms with van der Waals surface area (Å²) in [4.78, 5) is 14.5. The Morgan fingerprint density at radius 1 is 1.03 bits per heavy atom. The molecule has 0 saturated carbocycles. The summed E-state index contributed by atoms with van der Waals surface area (Å²) in [5, 5.41) is 7.97. The Kier molecular flexibility index (Phi) is 8.28. The van der Waals surface area contributed by atoms with E-state index in [4.69, 9.17) is 17.0 Å². The first-order chi connectivity index (χ1) is 14.9. The molecule has 0 fully saturated rings. The summed E-state index contributed by atoms with van der Waals surface area (Å²) < 4.78 is 7.50. The predicted octanol–water partition coefficient (Wildman–Crippen LogP) is 6.10. The van der Waals surface area contributed by atoms with Gasteiger partial charge in [0.15, 0.2) is 11.7 Å². The van der Waals surface area contributed by atoms with Gasteiger partial charge in [0.2, 0.25) is 0 Å². The number of rotatable bonds is 7. The molecule has 0 aromatic heterocycles. The van der Waals surface area contributed by atoms with Crippen LogP contribution in [0.2, 0.25) is 0 Å². The molecule has 8 heteroatoms. The van der Waals surface area contributed by atoms with E-state index in [1.807, 2.05) is 54.6 Å². The molecule has 3 aromatic carbocycles. The lowest BCUT2D eigenvalue weighted by atomic mass is 10.1. The fourth-order valence-electron chi connectivity index (χ4n) is 3.17. The molecule has 5 nitrogen and oxygen atoms in total. The number of ether oxygens (including phenoxy) is 1. The Hall–Kier alpha value is -2.16. The molecule has 0 atom stereocenters. The van der Waals surface area contributed by atoms with E-state index in [9.17, 15) is 4.79 Å².